The molecule has 4 rings (SSSR count). The highest BCUT2D eigenvalue weighted by Gasteiger charge is 2.19. The molecule has 1 saturated carbocycles. The van der Waals surface area contributed by atoms with Crippen LogP contribution in [0.4, 0.5) is 0 Å². The van der Waals surface area contributed by atoms with Crippen LogP contribution in [0.25, 0.3) is 11.1 Å². The number of benzene rings is 1. The summed E-state index contributed by atoms with van der Waals surface area (Å²) in [7, 11) is 0. The summed E-state index contributed by atoms with van der Waals surface area (Å²) in [6.45, 7) is 1.05. The molecule has 25 heavy (non-hydrogen) atoms. The number of rotatable bonds is 3. The lowest BCUT2D eigenvalue weighted by molar-refractivity contribution is 0.0925. The number of fused-ring (bicyclic) bond motifs is 1. The van der Waals surface area contributed by atoms with E-state index >= 15 is 0 Å². The molecule has 2 aliphatic rings. The molecule has 0 atom stereocenters. The maximum Gasteiger partial charge on any atom is 0.268 e. The van der Waals surface area contributed by atoms with E-state index in [0.717, 1.165) is 16.4 Å². The lowest BCUT2D eigenvalue weighted by atomic mass is 10.0. The molecule has 2 aromatic rings. The van der Waals surface area contributed by atoms with Crippen molar-refractivity contribution >= 4 is 17.7 Å². The smallest absolute Gasteiger partial charge is 0.268 e. The van der Waals surface area contributed by atoms with E-state index in [4.69, 9.17) is 0 Å². The van der Waals surface area contributed by atoms with Gasteiger partial charge in [-0.25, -0.2) is 0 Å². The van der Waals surface area contributed by atoms with Crippen LogP contribution in [0.15, 0.2) is 46.1 Å². The lowest BCUT2D eigenvalue weighted by Crippen LogP contribution is -2.40. The summed E-state index contributed by atoms with van der Waals surface area (Å²) in [6.07, 6.45) is 6.68. The number of pyridine rings is 1. The van der Waals surface area contributed by atoms with Gasteiger partial charge >= 0.3 is 0 Å². The predicted molar refractivity (Wildman–Crippen MR) is 101 cm³/mol. The second kappa shape index (κ2) is 7.08. The Balaban J connectivity index is 1.58. The topological polar surface area (TPSA) is 51.1 Å². The van der Waals surface area contributed by atoms with Crippen LogP contribution >= 0.6 is 11.8 Å². The molecule has 1 aromatic heterocycles. The number of carbonyl (C=O) groups is 1. The highest BCUT2D eigenvalue weighted by atomic mass is 32.2. The monoisotopic (exact) mass is 354 g/mol. The summed E-state index contributed by atoms with van der Waals surface area (Å²) in [5, 5.41) is 3.53. The Bertz CT molecular complexity index is 836. The van der Waals surface area contributed by atoms with Gasteiger partial charge in [0.25, 0.3) is 11.5 Å². The Kier molecular flexibility index (Phi) is 4.66. The van der Waals surface area contributed by atoms with E-state index in [1.807, 2.05) is 17.8 Å². The number of thioether (sulfide) groups is 1. The van der Waals surface area contributed by atoms with E-state index in [-0.39, 0.29) is 11.5 Å². The molecule has 0 bridgehead atoms. The fraction of sp³-hybridized carbons (Fsp3) is 0.400. The molecule has 0 saturated heterocycles. The minimum Gasteiger partial charge on any atom is -0.349 e. The molecule has 1 amide bonds. The largest absolute Gasteiger partial charge is 0.349 e. The van der Waals surface area contributed by atoms with Gasteiger partial charge in [-0.1, -0.05) is 31.4 Å². The second-order valence-electron chi connectivity index (χ2n) is 6.78. The van der Waals surface area contributed by atoms with Crippen LogP contribution in [0.5, 0.6) is 0 Å². The third kappa shape index (κ3) is 3.52. The van der Waals surface area contributed by atoms with Crippen LogP contribution in [-0.4, -0.2) is 22.3 Å². The molecular weight excluding hydrogens is 332 g/mol. The molecule has 2 heterocycles. The second-order valence-corrected chi connectivity index (χ2v) is 8.15. The fourth-order valence-electron chi connectivity index (χ4n) is 3.66. The Morgan fingerprint density at radius 1 is 0.960 bits per heavy atom. The first-order valence-electron chi connectivity index (χ1n) is 9.01. The Labute approximate surface area is 151 Å². The van der Waals surface area contributed by atoms with E-state index in [1.54, 1.807) is 10.6 Å². The van der Waals surface area contributed by atoms with E-state index in [0.29, 0.717) is 18.8 Å². The van der Waals surface area contributed by atoms with Gasteiger partial charge in [0.15, 0.2) is 0 Å². The van der Waals surface area contributed by atoms with Crippen molar-refractivity contribution < 1.29 is 4.79 Å². The Morgan fingerprint density at radius 3 is 2.48 bits per heavy atom. The van der Waals surface area contributed by atoms with Crippen molar-refractivity contribution in [2.75, 3.05) is 6.54 Å². The maximum absolute atomic E-state index is 12.3. The first kappa shape index (κ1) is 16.5. The average Bonchev–Trinajstić information content (AvgIpc) is 2.64. The SMILES string of the molecule is O=C1NCCn2c1cc(-c1ccc(SC3CCCCC3)cc1)cc2=O. The molecule has 5 heteroatoms. The average molecular weight is 354 g/mol. The van der Waals surface area contributed by atoms with Crippen molar-refractivity contribution in [1.29, 1.82) is 0 Å². The number of nitrogens with one attached hydrogen (secondary N) is 1. The van der Waals surface area contributed by atoms with Crippen molar-refractivity contribution in [2.24, 2.45) is 0 Å². The number of hydrogen-bond donors (Lipinski definition) is 1. The number of hydrogen-bond acceptors (Lipinski definition) is 3. The maximum atomic E-state index is 12.3. The van der Waals surface area contributed by atoms with Crippen molar-refractivity contribution in [3.05, 3.63) is 52.4 Å². The van der Waals surface area contributed by atoms with Crippen LogP contribution in [0, 0.1) is 0 Å². The summed E-state index contributed by atoms with van der Waals surface area (Å²) in [5.74, 6) is -0.172. The van der Waals surface area contributed by atoms with E-state index in [1.165, 1.54) is 37.0 Å². The Hall–Kier alpha value is -2.01. The number of amides is 1. The summed E-state index contributed by atoms with van der Waals surface area (Å²) in [5.41, 5.74) is 2.13. The molecule has 0 spiro atoms. The minimum absolute atomic E-state index is 0.108. The molecule has 1 aromatic carbocycles. The van der Waals surface area contributed by atoms with Gasteiger partial charge in [-0.05, 0) is 42.2 Å². The van der Waals surface area contributed by atoms with Crippen molar-refractivity contribution in [3.63, 3.8) is 0 Å². The highest BCUT2D eigenvalue weighted by molar-refractivity contribution is 8.00. The zero-order chi connectivity index (χ0) is 17.2. The molecule has 0 radical (unpaired) electrons. The quantitative estimate of drug-likeness (QED) is 0.915. The van der Waals surface area contributed by atoms with Gasteiger partial charge in [-0.2, -0.15) is 0 Å². The molecule has 4 nitrogen and oxygen atoms in total. The van der Waals surface area contributed by atoms with E-state index < -0.39 is 0 Å². The van der Waals surface area contributed by atoms with Crippen molar-refractivity contribution in [3.8, 4) is 11.1 Å². The van der Waals surface area contributed by atoms with Crippen LogP contribution in [0.1, 0.15) is 42.6 Å². The molecule has 1 aliphatic heterocycles. The van der Waals surface area contributed by atoms with Gasteiger partial charge in [-0.3, -0.25) is 9.59 Å². The lowest BCUT2D eigenvalue weighted by Gasteiger charge is -2.21. The Morgan fingerprint density at radius 2 is 1.72 bits per heavy atom. The van der Waals surface area contributed by atoms with Gasteiger partial charge in [-0.15, -0.1) is 11.8 Å². The first-order chi connectivity index (χ1) is 12.2. The van der Waals surface area contributed by atoms with Crippen LogP contribution in [0.2, 0.25) is 0 Å². The van der Waals surface area contributed by atoms with Gasteiger partial charge < -0.3 is 9.88 Å². The summed E-state index contributed by atoms with van der Waals surface area (Å²) in [6, 6.07) is 11.8. The standard InChI is InChI=1S/C20H22N2O2S/c23-19-13-15(12-18-20(24)21-10-11-22(18)19)14-6-8-17(9-7-14)25-16-4-2-1-3-5-16/h6-9,12-13,16H,1-5,10-11H2,(H,21,24). The molecular formula is C20H22N2O2S. The molecule has 1 fully saturated rings. The first-order valence-corrected chi connectivity index (χ1v) is 9.89. The van der Waals surface area contributed by atoms with Gasteiger partial charge in [0.1, 0.15) is 5.69 Å². The van der Waals surface area contributed by atoms with E-state index in [2.05, 4.69) is 29.6 Å². The zero-order valence-corrected chi connectivity index (χ0v) is 15.0. The number of aromatic nitrogens is 1. The van der Waals surface area contributed by atoms with Crippen LogP contribution in [0.3, 0.4) is 0 Å². The fourth-order valence-corrected chi connectivity index (χ4v) is 4.90. The van der Waals surface area contributed by atoms with Gasteiger partial charge in [0.2, 0.25) is 0 Å². The predicted octanol–water partition coefficient (Wildman–Crippen LogP) is 3.68. The molecule has 0 unspecified atom stereocenters. The highest BCUT2D eigenvalue weighted by Crippen LogP contribution is 2.34. The van der Waals surface area contributed by atoms with Crippen LogP contribution in [-0.2, 0) is 6.54 Å². The van der Waals surface area contributed by atoms with Crippen molar-refractivity contribution in [2.45, 2.75) is 48.8 Å². The van der Waals surface area contributed by atoms with Gasteiger partial charge in [0, 0.05) is 29.3 Å². The summed E-state index contributed by atoms with van der Waals surface area (Å²) < 4.78 is 1.55. The van der Waals surface area contributed by atoms with E-state index in [9.17, 15) is 9.59 Å². The minimum atomic E-state index is -0.172. The number of carbonyl (C=O) groups excluding carboxylic acids is 1. The molecule has 1 N–H and O–H groups in total. The summed E-state index contributed by atoms with van der Waals surface area (Å²) in [4.78, 5) is 25.6. The third-order valence-electron chi connectivity index (χ3n) is 5.02. The summed E-state index contributed by atoms with van der Waals surface area (Å²) >= 11 is 1.96. The normalized spacial score (nSPS) is 17.8. The van der Waals surface area contributed by atoms with Crippen LogP contribution < -0.4 is 10.9 Å². The molecule has 130 valence electrons. The molecule has 1 aliphatic carbocycles. The third-order valence-corrected chi connectivity index (χ3v) is 6.37. The zero-order valence-electron chi connectivity index (χ0n) is 14.2. The van der Waals surface area contributed by atoms with Crippen molar-refractivity contribution in [1.82, 2.24) is 9.88 Å². The number of nitrogens with zero attached hydrogens (tertiary/aromatic N) is 1. The van der Waals surface area contributed by atoms with Gasteiger partial charge in [0.05, 0.1) is 0 Å².